The van der Waals surface area contributed by atoms with Crippen molar-refractivity contribution in [3.8, 4) is 5.69 Å². The molecule has 0 radical (unpaired) electrons. The van der Waals surface area contributed by atoms with Gasteiger partial charge in [-0.25, -0.2) is 20.1 Å². The zero-order chi connectivity index (χ0) is 23.0. The number of hydrogen-bond donors (Lipinski definition) is 2. The van der Waals surface area contributed by atoms with Crippen molar-refractivity contribution < 1.29 is 22.4 Å². The largest absolute Gasteiger partial charge is 0.434 e. The quantitative estimate of drug-likeness (QED) is 0.450. The molecular weight excluding hydrogens is 456 g/mol. The van der Waals surface area contributed by atoms with Crippen LogP contribution >= 0.6 is 11.6 Å². The Hall–Kier alpha value is -3.58. The lowest BCUT2D eigenvalue weighted by Gasteiger charge is -2.15. The lowest BCUT2D eigenvalue weighted by Crippen LogP contribution is -2.29. The number of aromatic nitrogens is 4. The van der Waals surface area contributed by atoms with Crippen LogP contribution in [-0.4, -0.2) is 38.4 Å². The normalized spacial score (nSPS) is 13.6. The molecule has 3 aromatic heterocycles. The molecule has 4 heterocycles. The van der Waals surface area contributed by atoms with Gasteiger partial charge in [-0.3, -0.25) is 4.79 Å². The van der Waals surface area contributed by atoms with E-state index in [0.29, 0.717) is 11.2 Å². The summed E-state index contributed by atoms with van der Waals surface area (Å²) in [6.07, 6.45) is -0.453. The van der Waals surface area contributed by atoms with E-state index >= 15 is 0 Å². The van der Waals surface area contributed by atoms with E-state index in [4.69, 9.17) is 11.6 Å². The molecule has 166 valence electrons. The molecule has 0 spiro atoms. The number of pyridine rings is 2. The lowest BCUT2D eigenvalue weighted by molar-refractivity contribution is -0.143. The number of rotatable bonds is 4. The summed E-state index contributed by atoms with van der Waals surface area (Å²) in [5.74, 6) is -1.69. The molecule has 14 heteroatoms. The van der Waals surface area contributed by atoms with Gasteiger partial charge in [0.25, 0.3) is 5.91 Å². The maximum Gasteiger partial charge on any atom is 0.434 e. The Labute approximate surface area is 182 Å². The van der Waals surface area contributed by atoms with Crippen LogP contribution < -0.4 is 15.9 Å². The average molecular weight is 469 g/mol. The van der Waals surface area contributed by atoms with Gasteiger partial charge in [0.1, 0.15) is 0 Å². The van der Waals surface area contributed by atoms with Gasteiger partial charge >= 0.3 is 6.18 Å². The standard InChI is InChI=1S/C18H13ClF4N8O/c1-9-4-14(20)24-8-13(9)30-15(18(21,22)23)11(7-28-30)17(32)29-10-5-12(19)16(25-6-10)31-26-2-3-27-31/h2,4-8,27H,3H2,1H3,(H,29,32). The summed E-state index contributed by atoms with van der Waals surface area (Å²) < 4.78 is 55.3. The number of hydrogen-bond acceptors (Lipinski definition) is 7. The first-order chi connectivity index (χ1) is 15.1. The number of nitrogens with one attached hydrogen (secondary N) is 2. The highest BCUT2D eigenvalue weighted by molar-refractivity contribution is 6.33. The molecular formula is C18H13ClF4N8O. The molecule has 0 bridgehead atoms. The monoisotopic (exact) mass is 468 g/mol. The number of hydrazine groups is 1. The van der Waals surface area contributed by atoms with Crippen molar-refractivity contribution >= 4 is 35.2 Å². The highest BCUT2D eigenvalue weighted by Crippen LogP contribution is 2.35. The molecule has 1 aliphatic heterocycles. The number of amides is 1. The lowest BCUT2D eigenvalue weighted by atomic mass is 10.2. The molecule has 1 aliphatic rings. The fraction of sp³-hybridized carbons (Fsp3) is 0.167. The first-order valence-electron chi connectivity index (χ1n) is 8.96. The second-order valence-electron chi connectivity index (χ2n) is 6.57. The molecule has 32 heavy (non-hydrogen) atoms. The Balaban J connectivity index is 1.66. The smallest absolute Gasteiger partial charge is 0.320 e. The van der Waals surface area contributed by atoms with Crippen molar-refractivity contribution in [1.29, 1.82) is 0 Å². The van der Waals surface area contributed by atoms with E-state index in [0.717, 1.165) is 18.5 Å². The number of aryl methyl sites for hydroxylation is 1. The third-order valence-corrected chi connectivity index (χ3v) is 4.65. The van der Waals surface area contributed by atoms with Gasteiger partial charge in [-0.05, 0) is 24.6 Å². The molecule has 0 aliphatic carbocycles. The molecule has 0 saturated carbocycles. The number of anilines is 2. The average Bonchev–Trinajstić information content (AvgIpc) is 3.38. The first-order valence-corrected chi connectivity index (χ1v) is 9.33. The van der Waals surface area contributed by atoms with Crippen molar-refractivity contribution in [2.45, 2.75) is 13.1 Å². The Bertz CT molecular complexity index is 1230. The number of carbonyl (C=O) groups is 1. The van der Waals surface area contributed by atoms with Gasteiger partial charge in [0.2, 0.25) is 5.95 Å². The second-order valence-corrected chi connectivity index (χ2v) is 6.97. The summed E-state index contributed by atoms with van der Waals surface area (Å²) in [7, 11) is 0. The summed E-state index contributed by atoms with van der Waals surface area (Å²) in [5.41, 5.74) is 0.882. The number of halogens is 5. The third-order valence-electron chi connectivity index (χ3n) is 4.37. The Morgan fingerprint density at radius 3 is 2.62 bits per heavy atom. The van der Waals surface area contributed by atoms with Crippen LogP contribution in [0.5, 0.6) is 0 Å². The minimum Gasteiger partial charge on any atom is -0.320 e. The van der Waals surface area contributed by atoms with E-state index in [-0.39, 0.29) is 27.8 Å². The van der Waals surface area contributed by atoms with Crippen LogP contribution in [0.25, 0.3) is 5.69 Å². The van der Waals surface area contributed by atoms with Gasteiger partial charge in [0.05, 0.1) is 47.1 Å². The van der Waals surface area contributed by atoms with Crippen LogP contribution in [0.1, 0.15) is 21.6 Å². The van der Waals surface area contributed by atoms with Crippen LogP contribution in [-0.2, 0) is 6.18 Å². The van der Waals surface area contributed by atoms with Crippen molar-refractivity contribution in [2.24, 2.45) is 5.10 Å². The van der Waals surface area contributed by atoms with Gasteiger partial charge in [-0.1, -0.05) is 11.6 Å². The molecule has 4 rings (SSSR count). The highest BCUT2D eigenvalue weighted by atomic mass is 35.5. The van der Waals surface area contributed by atoms with Crippen molar-refractivity contribution in [3.63, 3.8) is 0 Å². The molecule has 1 amide bonds. The van der Waals surface area contributed by atoms with Crippen LogP contribution in [0.15, 0.2) is 35.8 Å². The van der Waals surface area contributed by atoms with Crippen molar-refractivity contribution in [1.82, 2.24) is 25.2 Å². The summed E-state index contributed by atoms with van der Waals surface area (Å²) in [6.45, 7) is 1.87. The van der Waals surface area contributed by atoms with E-state index in [1.54, 1.807) is 6.21 Å². The fourth-order valence-corrected chi connectivity index (χ4v) is 3.23. The minimum atomic E-state index is -4.94. The Morgan fingerprint density at radius 2 is 2.00 bits per heavy atom. The molecule has 0 fully saturated rings. The van der Waals surface area contributed by atoms with Crippen molar-refractivity contribution in [3.05, 3.63) is 58.5 Å². The predicted octanol–water partition coefficient (Wildman–Crippen LogP) is 3.34. The van der Waals surface area contributed by atoms with E-state index in [1.807, 2.05) is 0 Å². The van der Waals surface area contributed by atoms with Gasteiger partial charge in [-0.15, -0.1) is 0 Å². The van der Waals surface area contributed by atoms with E-state index in [2.05, 4.69) is 30.9 Å². The molecule has 3 aromatic rings. The fourth-order valence-electron chi connectivity index (χ4n) is 2.98. The summed E-state index contributed by atoms with van der Waals surface area (Å²) in [5, 5.41) is 11.4. The van der Waals surface area contributed by atoms with E-state index < -0.39 is 29.3 Å². The minimum absolute atomic E-state index is 0.0624. The van der Waals surface area contributed by atoms with Crippen LogP contribution in [0, 0.1) is 12.9 Å². The third kappa shape index (κ3) is 4.11. The molecule has 2 N–H and O–H groups in total. The number of hydrazone groups is 1. The summed E-state index contributed by atoms with van der Waals surface area (Å²) in [6, 6.07) is 2.29. The molecule has 9 nitrogen and oxygen atoms in total. The Morgan fingerprint density at radius 1 is 1.22 bits per heavy atom. The molecule has 0 aromatic carbocycles. The van der Waals surface area contributed by atoms with Gasteiger partial charge < -0.3 is 5.32 Å². The maximum absolute atomic E-state index is 13.8. The summed E-state index contributed by atoms with van der Waals surface area (Å²) in [4.78, 5) is 20.1. The molecule has 0 saturated heterocycles. The highest BCUT2D eigenvalue weighted by Gasteiger charge is 2.41. The zero-order valence-corrected chi connectivity index (χ0v) is 16.9. The van der Waals surface area contributed by atoms with Gasteiger partial charge in [0, 0.05) is 6.21 Å². The van der Waals surface area contributed by atoms with Crippen LogP contribution in [0.2, 0.25) is 5.02 Å². The first kappa shape index (κ1) is 21.6. The van der Waals surface area contributed by atoms with E-state index in [1.165, 1.54) is 24.3 Å². The summed E-state index contributed by atoms with van der Waals surface area (Å²) >= 11 is 6.15. The SMILES string of the molecule is Cc1cc(F)ncc1-n1ncc(C(=O)Nc2cnc(N3N=CCN3)c(Cl)c2)c1C(F)(F)F. The van der Waals surface area contributed by atoms with Crippen molar-refractivity contribution in [2.75, 3.05) is 17.0 Å². The van der Waals surface area contributed by atoms with Crippen LogP contribution in [0.4, 0.5) is 29.1 Å². The van der Waals surface area contributed by atoms with Crippen LogP contribution in [0.3, 0.4) is 0 Å². The second kappa shape index (κ2) is 8.16. The van der Waals surface area contributed by atoms with Gasteiger partial charge in [-0.2, -0.15) is 32.9 Å². The Kier molecular flexibility index (Phi) is 5.52. The topological polar surface area (TPSA) is 100 Å². The zero-order valence-electron chi connectivity index (χ0n) is 16.2. The number of nitrogens with zero attached hydrogens (tertiary/aromatic N) is 6. The molecule has 0 unspecified atom stereocenters. The van der Waals surface area contributed by atoms with E-state index in [9.17, 15) is 22.4 Å². The maximum atomic E-state index is 13.8. The van der Waals surface area contributed by atoms with Gasteiger partial charge in [0.15, 0.2) is 11.5 Å². The predicted molar refractivity (Wildman–Crippen MR) is 107 cm³/mol. The molecule has 0 atom stereocenters. The number of carbonyl (C=O) groups excluding carboxylic acids is 1. The number of alkyl halides is 3.